The minimum absolute atomic E-state index is 0.0979. The largest absolute Gasteiger partial charge is 0.496 e. The molecule has 4 nitrogen and oxygen atoms in total. The molecule has 1 fully saturated rings. The summed E-state index contributed by atoms with van der Waals surface area (Å²) in [5.41, 5.74) is 1.71. The maximum atomic E-state index is 10.5. The summed E-state index contributed by atoms with van der Waals surface area (Å²) in [6.07, 6.45) is 6.86. The summed E-state index contributed by atoms with van der Waals surface area (Å²) in [5, 5.41) is 8.57. The van der Waals surface area contributed by atoms with Crippen LogP contribution in [0.1, 0.15) is 50.8 Å². The Morgan fingerprint density at radius 2 is 2.08 bits per heavy atom. The normalized spacial score (nSPS) is 23.8. The standard InChI is InChI=1S/C20H29O4P/c1-20(2)24-14-15(10-6-4-5-7-13-18(21)22)19(25-20)16-11-8-9-12-17(16)23-3/h4-5,8-9,11-12,15,19,25H,6-7,10,13-14H2,1-3H3,(H,21,22)/b5-4-/t15-,19+/m1/s1. The molecule has 0 aromatic heterocycles. The van der Waals surface area contributed by atoms with E-state index >= 15 is 0 Å². The number of allylic oxidation sites excluding steroid dienone is 2. The highest BCUT2D eigenvalue weighted by Gasteiger charge is 2.37. The van der Waals surface area contributed by atoms with Crippen LogP contribution in [0, 0.1) is 5.92 Å². The molecule has 0 radical (unpaired) electrons. The van der Waals surface area contributed by atoms with Gasteiger partial charge in [-0.2, -0.15) is 0 Å². The SMILES string of the molecule is COc1ccccc1[C@H]1PC(C)(C)OC[C@H]1CC/C=C\CCC(=O)O. The molecule has 1 N–H and O–H groups in total. The van der Waals surface area contributed by atoms with Crippen LogP contribution in [0.2, 0.25) is 0 Å². The summed E-state index contributed by atoms with van der Waals surface area (Å²) >= 11 is 0. The summed E-state index contributed by atoms with van der Waals surface area (Å²) in [6, 6.07) is 8.29. The molecular formula is C20H29O4P. The fourth-order valence-corrected chi connectivity index (χ4v) is 5.01. The van der Waals surface area contributed by atoms with E-state index in [-0.39, 0.29) is 11.8 Å². The molecule has 1 heterocycles. The van der Waals surface area contributed by atoms with E-state index in [1.54, 1.807) is 7.11 Å². The maximum Gasteiger partial charge on any atom is 0.303 e. The predicted octanol–water partition coefficient (Wildman–Crippen LogP) is 5.00. The molecule has 1 saturated heterocycles. The van der Waals surface area contributed by atoms with Crippen molar-refractivity contribution in [2.45, 2.75) is 50.5 Å². The van der Waals surface area contributed by atoms with Crippen molar-refractivity contribution in [3.8, 4) is 5.75 Å². The number of para-hydroxylation sites is 1. The molecule has 1 aromatic rings. The number of benzene rings is 1. The van der Waals surface area contributed by atoms with Crippen molar-refractivity contribution in [3.05, 3.63) is 42.0 Å². The quantitative estimate of drug-likeness (QED) is 0.521. The van der Waals surface area contributed by atoms with Gasteiger partial charge in [-0.1, -0.05) is 38.9 Å². The highest BCUT2D eigenvalue weighted by Crippen LogP contribution is 2.56. The van der Waals surface area contributed by atoms with Crippen LogP contribution >= 0.6 is 8.58 Å². The first-order valence-corrected chi connectivity index (χ1v) is 9.92. The van der Waals surface area contributed by atoms with Gasteiger partial charge in [-0.15, -0.1) is 0 Å². The number of methoxy groups -OCH3 is 1. The lowest BCUT2D eigenvalue weighted by Gasteiger charge is -2.41. The second-order valence-electron chi connectivity index (χ2n) is 6.93. The van der Waals surface area contributed by atoms with Crippen molar-refractivity contribution in [2.75, 3.05) is 13.7 Å². The molecule has 3 atom stereocenters. The summed E-state index contributed by atoms with van der Waals surface area (Å²) in [5.74, 6) is 0.663. The van der Waals surface area contributed by atoms with E-state index < -0.39 is 5.97 Å². The molecule has 2 rings (SSSR count). The van der Waals surface area contributed by atoms with Gasteiger partial charge in [-0.05, 0) is 45.1 Å². The van der Waals surface area contributed by atoms with Gasteiger partial charge in [-0.25, -0.2) is 0 Å². The van der Waals surface area contributed by atoms with Crippen LogP contribution in [0.5, 0.6) is 5.75 Å². The van der Waals surface area contributed by atoms with Gasteiger partial charge >= 0.3 is 5.97 Å². The Morgan fingerprint density at radius 1 is 1.36 bits per heavy atom. The molecule has 0 amide bonds. The van der Waals surface area contributed by atoms with E-state index in [1.165, 1.54) is 5.56 Å². The zero-order chi connectivity index (χ0) is 18.3. The lowest BCUT2D eigenvalue weighted by Crippen LogP contribution is -2.32. The van der Waals surface area contributed by atoms with Gasteiger partial charge in [0, 0.05) is 17.6 Å². The van der Waals surface area contributed by atoms with Gasteiger partial charge < -0.3 is 14.6 Å². The molecular weight excluding hydrogens is 335 g/mol. The topological polar surface area (TPSA) is 55.8 Å². The van der Waals surface area contributed by atoms with Crippen molar-refractivity contribution in [3.63, 3.8) is 0 Å². The molecule has 0 bridgehead atoms. The van der Waals surface area contributed by atoms with Gasteiger partial charge in [0.2, 0.25) is 0 Å². The van der Waals surface area contributed by atoms with Crippen molar-refractivity contribution >= 4 is 14.6 Å². The minimum atomic E-state index is -0.745. The Bertz CT molecular complexity index is 597. The first-order valence-electron chi connectivity index (χ1n) is 8.84. The zero-order valence-corrected chi connectivity index (χ0v) is 16.3. The monoisotopic (exact) mass is 364 g/mol. The molecule has 1 aliphatic rings. The van der Waals surface area contributed by atoms with Crippen LogP contribution in [0.15, 0.2) is 36.4 Å². The van der Waals surface area contributed by atoms with E-state index in [2.05, 4.69) is 32.1 Å². The zero-order valence-electron chi connectivity index (χ0n) is 15.3. The summed E-state index contributed by atoms with van der Waals surface area (Å²) in [6.45, 7) is 5.08. The number of rotatable bonds is 8. The Labute approximate surface area is 152 Å². The van der Waals surface area contributed by atoms with Crippen molar-refractivity contribution in [2.24, 2.45) is 5.92 Å². The number of carboxylic acids is 1. The van der Waals surface area contributed by atoms with Crippen LogP contribution in [-0.4, -0.2) is 30.1 Å². The second kappa shape index (κ2) is 9.35. The average molecular weight is 364 g/mol. The number of aliphatic carboxylic acids is 1. The number of carbonyl (C=O) groups is 1. The van der Waals surface area contributed by atoms with Crippen LogP contribution in [-0.2, 0) is 9.53 Å². The Kier molecular flexibility index (Phi) is 7.46. The van der Waals surface area contributed by atoms with Crippen LogP contribution in [0.4, 0.5) is 0 Å². The first kappa shape index (κ1) is 19.9. The highest BCUT2D eigenvalue weighted by atomic mass is 31.1. The lowest BCUT2D eigenvalue weighted by molar-refractivity contribution is -0.136. The van der Waals surface area contributed by atoms with Gasteiger partial charge in [0.1, 0.15) is 5.75 Å². The molecule has 25 heavy (non-hydrogen) atoms. The van der Waals surface area contributed by atoms with Gasteiger partial charge in [0.05, 0.1) is 19.1 Å². The predicted molar refractivity (Wildman–Crippen MR) is 103 cm³/mol. The molecule has 5 heteroatoms. The molecule has 0 spiro atoms. The number of hydrogen-bond acceptors (Lipinski definition) is 3. The third-order valence-corrected chi connectivity index (χ3v) is 6.44. The van der Waals surface area contributed by atoms with E-state index in [4.69, 9.17) is 14.6 Å². The highest BCUT2D eigenvalue weighted by molar-refractivity contribution is 7.40. The summed E-state index contributed by atoms with van der Waals surface area (Å²) < 4.78 is 11.7. The van der Waals surface area contributed by atoms with Crippen LogP contribution in [0.25, 0.3) is 0 Å². The second-order valence-corrected chi connectivity index (χ2v) is 9.04. The van der Waals surface area contributed by atoms with Gasteiger partial charge in [0.25, 0.3) is 0 Å². The molecule has 138 valence electrons. The fraction of sp³-hybridized carbons (Fsp3) is 0.550. The van der Waals surface area contributed by atoms with E-state index in [9.17, 15) is 4.79 Å². The molecule has 1 unspecified atom stereocenters. The summed E-state index contributed by atoms with van der Waals surface area (Å²) in [7, 11) is 2.41. The third kappa shape index (κ3) is 6.13. The van der Waals surface area contributed by atoms with E-state index in [0.29, 0.717) is 26.6 Å². The van der Waals surface area contributed by atoms with Crippen molar-refractivity contribution in [1.82, 2.24) is 0 Å². The van der Waals surface area contributed by atoms with Crippen LogP contribution < -0.4 is 4.74 Å². The number of ether oxygens (including phenoxy) is 2. The maximum absolute atomic E-state index is 10.5. The Morgan fingerprint density at radius 3 is 2.80 bits per heavy atom. The fourth-order valence-electron chi connectivity index (χ4n) is 3.20. The molecule has 1 aromatic carbocycles. The Balaban J connectivity index is 2.03. The molecule has 0 saturated carbocycles. The molecule has 0 aliphatic carbocycles. The van der Waals surface area contributed by atoms with Crippen molar-refractivity contribution in [1.29, 1.82) is 0 Å². The van der Waals surface area contributed by atoms with Gasteiger partial charge in [0.15, 0.2) is 0 Å². The Hall–Kier alpha value is -1.38. The number of hydrogen-bond donors (Lipinski definition) is 1. The lowest BCUT2D eigenvalue weighted by atomic mass is 9.93. The summed E-state index contributed by atoms with van der Waals surface area (Å²) in [4.78, 5) is 10.5. The smallest absolute Gasteiger partial charge is 0.303 e. The average Bonchev–Trinajstić information content (AvgIpc) is 2.58. The van der Waals surface area contributed by atoms with Gasteiger partial charge in [-0.3, -0.25) is 4.79 Å². The molecule has 1 aliphatic heterocycles. The van der Waals surface area contributed by atoms with E-state index in [1.807, 2.05) is 18.2 Å². The third-order valence-electron chi connectivity index (χ3n) is 4.50. The first-order chi connectivity index (χ1) is 11.9. The number of carboxylic acid groups (broad SMARTS) is 1. The van der Waals surface area contributed by atoms with E-state index in [0.717, 1.165) is 25.2 Å². The van der Waals surface area contributed by atoms with Crippen LogP contribution in [0.3, 0.4) is 0 Å². The minimum Gasteiger partial charge on any atom is -0.496 e. The van der Waals surface area contributed by atoms with Crippen molar-refractivity contribution < 1.29 is 19.4 Å².